The number of rotatable bonds is 10. The number of likely N-dealkylation sites (tertiary alicyclic amines) is 3. The number of benzene rings is 2. The summed E-state index contributed by atoms with van der Waals surface area (Å²) in [6.07, 6.45) is 7.37. The lowest BCUT2D eigenvalue weighted by Gasteiger charge is -2.51. The minimum atomic E-state index is -2.97. The second-order valence-corrected chi connectivity index (χ2v) is 19.3. The predicted octanol–water partition coefficient (Wildman–Crippen LogP) is 5.49. The van der Waals surface area contributed by atoms with Crippen molar-refractivity contribution in [2.24, 2.45) is 5.41 Å². The Bertz CT molecular complexity index is 2600. The first kappa shape index (κ1) is 45.0. The Morgan fingerprint density at radius 1 is 0.910 bits per heavy atom. The number of carbonyl (C=O) groups is 4. The van der Waals surface area contributed by atoms with Gasteiger partial charge in [-0.3, -0.25) is 34.4 Å². The monoisotopic (exact) mass is 925 g/mol. The van der Waals surface area contributed by atoms with Crippen LogP contribution in [0.2, 0.25) is 0 Å². The number of hydrogen-bond acceptors (Lipinski definition) is 11. The lowest BCUT2D eigenvalue weighted by atomic mass is 9.70. The maximum absolute atomic E-state index is 16.3. The second kappa shape index (κ2) is 17.7. The van der Waals surface area contributed by atoms with E-state index in [0.717, 1.165) is 49.7 Å². The van der Waals surface area contributed by atoms with Crippen molar-refractivity contribution < 1.29 is 37.1 Å². The molecule has 5 amide bonds. The van der Waals surface area contributed by atoms with E-state index >= 15 is 13.2 Å². The number of imide groups is 1. The van der Waals surface area contributed by atoms with E-state index in [0.29, 0.717) is 91.8 Å². The van der Waals surface area contributed by atoms with E-state index in [1.54, 1.807) is 31.2 Å². The summed E-state index contributed by atoms with van der Waals surface area (Å²) < 4.78 is 55.0. The molecule has 5 aliphatic heterocycles. The van der Waals surface area contributed by atoms with E-state index in [9.17, 15) is 19.2 Å². The first-order valence-electron chi connectivity index (χ1n) is 23.6. The standard InChI is InChI=1S/C48H58F3N11O5/c1-29-4-5-30(23-36(29)61-17-10-42(63)55-46(61)66)45(65)59-20-13-47(14-21-59)11-18-58(19-12-47)40-9-15-57(28-48(40,50)51)27-31-22-32(49)24-37-33(31)8-16-60(37)41-25-35(52-2)43-53-26-38(62(43)56-41)44(64)54-34-6-7-39(34)67-3/h4-5,22-26,34,39-40,52H,6-21,27-28H2,1-3H3,(H,54,64)(H,55,63,66)/t34-,39-,40?/m1/s1. The molecule has 10 rings (SSSR count). The topological polar surface area (TPSA) is 160 Å². The Morgan fingerprint density at radius 2 is 1.67 bits per heavy atom. The maximum atomic E-state index is 16.3. The van der Waals surface area contributed by atoms with E-state index in [1.807, 2.05) is 33.8 Å². The number of alkyl halides is 2. The van der Waals surface area contributed by atoms with Crippen molar-refractivity contribution in [3.8, 4) is 0 Å². The normalized spacial score (nSPS) is 24.1. The van der Waals surface area contributed by atoms with Crippen LogP contribution in [0.3, 0.4) is 0 Å². The Hall–Kier alpha value is -5.79. The Balaban J connectivity index is 0.758. The minimum absolute atomic E-state index is 0.0128. The van der Waals surface area contributed by atoms with Crippen molar-refractivity contribution in [2.75, 3.05) is 81.6 Å². The van der Waals surface area contributed by atoms with Crippen LogP contribution in [0.25, 0.3) is 5.65 Å². The zero-order chi connectivity index (χ0) is 46.8. The van der Waals surface area contributed by atoms with E-state index in [2.05, 4.69) is 20.9 Å². The summed E-state index contributed by atoms with van der Waals surface area (Å²) in [4.78, 5) is 64.8. The van der Waals surface area contributed by atoms with Crippen LogP contribution >= 0.6 is 0 Å². The van der Waals surface area contributed by atoms with Gasteiger partial charge in [0.05, 0.1) is 36.6 Å². The maximum Gasteiger partial charge on any atom is 0.328 e. The van der Waals surface area contributed by atoms with Crippen molar-refractivity contribution in [1.82, 2.24) is 39.9 Å². The third-order valence-electron chi connectivity index (χ3n) is 15.5. The number of amides is 5. The molecule has 3 N–H and O–H groups in total. The number of methoxy groups -OCH3 is 1. The molecular formula is C48H58F3N11O5. The van der Waals surface area contributed by atoms with Crippen LogP contribution in [0.5, 0.6) is 0 Å². The number of halogens is 3. The summed E-state index contributed by atoms with van der Waals surface area (Å²) in [6, 6.07) is 8.61. The average Bonchev–Trinajstić information content (AvgIpc) is 3.93. The molecule has 3 atom stereocenters. The summed E-state index contributed by atoms with van der Waals surface area (Å²) in [5.41, 5.74) is 5.48. The van der Waals surface area contributed by atoms with Crippen molar-refractivity contribution in [2.45, 2.75) is 95.4 Å². The molecule has 1 spiro atoms. The number of anilines is 4. The Morgan fingerprint density at radius 3 is 2.37 bits per heavy atom. The molecule has 356 valence electrons. The zero-order valence-corrected chi connectivity index (χ0v) is 38.3. The van der Waals surface area contributed by atoms with E-state index in [-0.39, 0.29) is 60.5 Å². The van der Waals surface area contributed by atoms with Gasteiger partial charge in [-0.1, -0.05) is 6.07 Å². The Labute approximate surface area is 387 Å². The number of imidazole rings is 1. The van der Waals surface area contributed by atoms with Gasteiger partial charge < -0.3 is 25.2 Å². The fraction of sp³-hybridized carbons (Fsp3) is 0.542. The number of nitrogens with zero attached hydrogens (tertiary/aromatic N) is 8. The molecule has 0 bridgehead atoms. The molecule has 4 saturated heterocycles. The molecule has 67 heavy (non-hydrogen) atoms. The third-order valence-corrected chi connectivity index (χ3v) is 15.5. The lowest BCUT2D eigenvalue weighted by molar-refractivity contribution is -0.139. The highest BCUT2D eigenvalue weighted by atomic mass is 19.3. The van der Waals surface area contributed by atoms with Crippen LogP contribution in [0.1, 0.15) is 88.9 Å². The molecule has 6 aliphatic rings. The minimum Gasteiger partial charge on any atom is -0.385 e. The van der Waals surface area contributed by atoms with E-state index in [4.69, 9.17) is 9.84 Å². The zero-order valence-electron chi connectivity index (χ0n) is 38.3. The molecule has 7 heterocycles. The van der Waals surface area contributed by atoms with Gasteiger partial charge in [0, 0.05) is 82.9 Å². The molecule has 1 saturated carbocycles. The molecule has 0 radical (unpaired) electrons. The molecule has 1 aliphatic carbocycles. The number of carbonyl (C=O) groups excluding carboxylic acids is 4. The average molecular weight is 926 g/mol. The van der Waals surface area contributed by atoms with Crippen LogP contribution in [-0.2, 0) is 22.5 Å². The molecule has 4 aromatic rings. The van der Waals surface area contributed by atoms with Crippen LogP contribution in [-0.4, -0.2) is 144 Å². The van der Waals surface area contributed by atoms with Crippen LogP contribution in [0, 0.1) is 18.2 Å². The van der Waals surface area contributed by atoms with Crippen molar-refractivity contribution >= 4 is 52.3 Å². The number of urea groups is 1. The number of nitrogens with one attached hydrogen (secondary N) is 3. The summed E-state index contributed by atoms with van der Waals surface area (Å²) in [6.45, 7) is 5.10. The largest absolute Gasteiger partial charge is 0.385 e. The summed E-state index contributed by atoms with van der Waals surface area (Å²) in [5, 5.41) is 13.4. The molecule has 19 heteroatoms. The fourth-order valence-corrected chi connectivity index (χ4v) is 11.3. The summed E-state index contributed by atoms with van der Waals surface area (Å²) in [7, 11) is 3.39. The number of fused-ring (bicyclic) bond motifs is 2. The quantitative estimate of drug-likeness (QED) is 0.185. The highest BCUT2D eigenvalue weighted by molar-refractivity contribution is 6.06. The van der Waals surface area contributed by atoms with Crippen molar-refractivity contribution in [3.63, 3.8) is 0 Å². The summed E-state index contributed by atoms with van der Waals surface area (Å²) in [5.74, 6) is -3.68. The smallest absolute Gasteiger partial charge is 0.328 e. The number of aryl methyl sites for hydroxylation is 1. The highest BCUT2D eigenvalue weighted by Gasteiger charge is 2.50. The van der Waals surface area contributed by atoms with Crippen molar-refractivity contribution in [1.29, 1.82) is 0 Å². The van der Waals surface area contributed by atoms with Gasteiger partial charge in [-0.15, -0.1) is 5.10 Å². The number of hydrogen-bond donors (Lipinski definition) is 3. The molecule has 2 aromatic heterocycles. The van der Waals surface area contributed by atoms with Gasteiger partial charge in [0.1, 0.15) is 5.82 Å². The van der Waals surface area contributed by atoms with Gasteiger partial charge in [0.15, 0.2) is 17.2 Å². The van der Waals surface area contributed by atoms with E-state index < -0.39 is 30.4 Å². The fourth-order valence-electron chi connectivity index (χ4n) is 11.3. The second-order valence-electron chi connectivity index (χ2n) is 19.3. The van der Waals surface area contributed by atoms with Crippen LogP contribution < -0.4 is 25.8 Å². The van der Waals surface area contributed by atoms with E-state index in [1.165, 1.54) is 27.7 Å². The van der Waals surface area contributed by atoms with Crippen molar-refractivity contribution in [3.05, 3.63) is 76.4 Å². The molecule has 16 nitrogen and oxygen atoms in total. The van der Waals surface area contributed by atoms with Crippen LogP contribution in [0.15, 0.2) is 42.6 Å². The van der Waals surface area contributed by atoms with Gasteiger partial charge in [-0.2, -0.15) is 0 Å². The SMILES string of the molecule is CNc1cc(N2CCc3c(CN4CCC(N5CCC6(CCN(C(=O)c7ccc(C)c(N8CCC(=O)NC8=O)c7)CC6)CC5)C(F)(F)C4)cc(F)cc32)nn2c(C(=O)N[C@@H]3CC[C@H]3OC)cnc12. The highest BCUT2D eigenvalue weighted by Crippen LogP contribution is 2.45. The first-order valence-corrected chi connectivity index (χ1v) is 23.6. The predicted molar refractivity (Wildman–Crippen MR) is 245 cm³/mol. The summed E-state index contributed by atoms with van der Waals surface area (Å²) >= 11 is 0. The van der Waals surface area contributed by atoms with Crippen LogP contribution in [0.4, 0.5) is 40.8 Å². The van der Waals surface area contributed by atoms with Gasteiger partial charge in [0.25, 0.3) is 17.7 Å². The third kappa shape index (κ3) is 8.47. The Kier molecular flexibility index (Phi) is 11.9. The van der Waals surface area contributed by atoms with Gasteiger partial charge >= 0.3 is 6.03 Å². The molecule has 1 unspecified atom stereocenters. The lowest BCUT2D eigenvalue weighted by Crippen LogP contribution is -2.60. The van der Waals surface area contributed by atoms with Gasteiger partial charge in [-0.05, 0) is 118 Å². The molecule has 5 fully saturated rings. The molecular weight excluding hydrogens is 868 g/mol. The number of piperidine rings is 3. The molecule has 2 aromatic carbocycles. The van der Waals surface area contributed by atoms with Gasteiger partial charge in [-0.25, -0.2) is 27.5 Å². The van der Waals surface area contributed by atoms with Gasteiger partial charge in [0.2, 0.25) is 5.91 Å². The number of ether oxygens (including phenoxy) is 1. The first-order chi connectivity index (χ1) is 32.2. The number of aromatic nitrogens is 3.